The number of benzene rings is 1. The molecule has 5 heteroatoms. The summed E-state index contributed by atoms with van der Waals surface area (Å²) in [5.41, 5.74) is 0.648. The highest BCUT2D eigenvalue weighted by atomic mass is 32.2. The first-order chi connectivity index (χ1) is 8.32. The minimum absolute atomic E-state index is 0.0499. The molecule has 0 aromatic heterocycles. The van der Waals surface area contributed by atoms with E-state index in [1.807, 2.05) is 38.1 Å². The molecule has 0 aliphatic carbocycles. The van der Waals surface area contributed by atoms with Crippen LogP contribution in [0.1, 0.15) is 19.4 Å². The van der Waals surface area contributed by atoms with E-state index in [1.165, 1.54) is 0 Å². The van der Waals surface area contributed by atoms with Crippen molar-refractivity contribution in [2.24, 2.45) is 0 Å². The van der Waals surface area contributed by atoms with Gasteiger partial charge in [-0.15, -0.1) is 0 Å². The Hall–Kier alpha value is -1.07. The monoisotopic (exact) mass is 270 g/mol. The molecule has 0 amide bonds. The van der Waals surface area contributed by atoms with E-state index in [-0.39, 0.29) is 29.6 Å². The van der Waals surface area contributed by atoms with E-state index in [9.17, 15) is 13.5 Å². The number of hydrogen-bond donors (Lipinski definition) is 1. The van der Waals surface area contributed by atoms with E-state index in [0.717, 1.165) is 5.56 Å². The lowest BCUT2D eigenvalue weighted by Crippen LogP contribution is -2.45. The molecule has 1 aromatic carbocycles. The third kappa shape index (κ3) is 2.84. The molecule has 1 aliphatic heterocycles. The molecule has 100 valence electrons. The van der Waals surface area contributed by atoms with Crippen molar-refractivity contribution in [3.8, 4) is 5.75 Å². The Morgan fingerprint density at radius 2 is 2.06 bits per heavy atom. The maximum absolute atomic E-state index is 11.0. The van der Waals surface area contributed by atoms with Gasteiger partial charge in [0.25, 0.3) is 0 Å². The summed E-state index contributed by atoms with van der Waals surface area (Å²) in [7, 11) is -2.86. The molecule has 4 nitrogen and oxygen atoms in total. The van der Waals surface area contributed by atoms with Gasteiger partial charge in [0, 0.05) is 5.41 Å². The summed E-state index contributed by atoms with van der Waals surface area (Å²) in [6.07, 6.45) is -0.234. The average Bonchev–Trinajstić information content (AvgIpc) is 2.27. The fraction of sp³-hybridized carbons (Fsp3) is 0.538. The van der Waals surface area contributed by atoms with Crippen molar-refractivity contribution >= 4 is 9.84 Å². The van der Waals surface area contributed by atoms with Crippen LogP contribution >= 0.6 is 0 Å². The van der Waals surface area contributed by atoms with Crippen LogP contribution in [0.25, 0.3) is 0 Å². The first-order valence-corrected chi connectivity index (χ1v) is 7.73. The summed E-state index contributed by atoms with van der Waals surface area (Å²) in [5, 5.41) is 9.33. The average molecular weight is 270 g/mol. The Labute approximate surface area is 108 Å². The summed E-state index contributed by atoms with van der Waals surface area (Å²) in [5.74, 6) is 0.857. The largest absolute Gasteiger partial charge is 0.488 e. The predicted octanol–water partition coefficient (Wildman–Crippen LogP) is 1.13. The van der Waals surface area contributed by atoms with Gasteiger partial charge in [-0.25, -0.2) is 8.42 Å². The molecule has 1 saturated heterocycles. The van der Waals surface area contributed by atoms with Gasteiger partial charge in [-0.05, 0) is 17.7 Å². The maximum atomic E-state index is 11.0. The molecule has 1 heterocycles. The van der Waals surface area contributed by atoms with E-state index in [0.29, 0.717) is 5.75 Å². The van der Waals surface area contributed by atoms with Crippen LogP contribution in [0.2, 0.25) is 0 Å². The molecule has 1 N–H and O–H groups in total. The Bertz CT molecular complexity index is 522. The van der Waals surface area contributed by atoms with Crippen molar-refractivity contribution in [2.75, 3.05) is 18.1 Å². The smallest absolute Gasteiger partial charge is 0.157 e. The predicted molar refractivity (Wildman–Crippen MR) is 69.6 cm³/mol. The van der Waals surface area contributed by atoms with Crippen LogP contribution in [-0.4, -0.2) is 37.7 Å². The van der Waals surface area contributed by atoms with Gasteiger partial charge < -0.3 is 9.84 Å². The zero-order valence-electron chi connectivity index (χ0n) is 10.6. The standard InChI is InChI=1S/C13H18O4S/c1-13(2,9-14)10-4-3-5-11(6-10)17-12-7-18(15,16)8-12/h3-6,12,14H,7-9H2,1-2H3. The van der Waals surface area contributed by atoms with Crippen molar-refractivity contribution in [1.82, 2.24) is 0 Å². The normalized spacial score (nSPS) is 19.3. The molecule has 1 aromatic rings. The second-order valence-corrected chi connectivity index (χ2v) is 7.54. The number of sulfone groups is 1. The quantitative estimate of drug-likeness (QED) is 0.891. The zero-order valence-corrected chi connectivity index (χ0v) is 11.4. The van der Waals surface area contributed by atoms with Crippen molar-refractivity contribution in [3.63, 3.8) is 0 Å². The number of aliphatic hydroxyl groups excluding tert-OH is 1. The lowest BCUT2D eigenvalue weighted by molar-refractivity contribution is 0.215. The first-order valence-electron chi connectivity index (χ1n) is 5.91. The second kappa shape index (κ2) is 4.55. The van der Waals surface area contributed by atoms with Gasteiger partial charge in [-0.1, -0.05) is 26.0 Å². The van der Waals surface area contributed by atoms with Crippen LogP contribution in [0.15, 0.2) is 24.3 Å². The molecule has 1 aliphatic rings. The minimum atomic E-state index is -2.86. The number of ether oxygens (including phenoxy) is 1. The van der Waals surface area contributed by atoms with Crippen LogP contribution < -0.4 is 4.74 Å². The van der Waals surface area contributed by atoms with Crippen LogP contribution in [0.4, 0.5) is 0 Å². The molecule has 0 unspecified atom stereocenters. The van der Waals surface area contributed by atoms with E-state index < -0.39 is 9.84 Å². The van der Waals surface area contributed by atoms with Gasteiger partial charge >= 0.3 is 0 Å². The number of hydrogen-bond acceptors (Lipinski definition) is 4. The molecule has 0 bridgehead atoms. The number of aliphatic hydroxyl groups is 1. The molecular weight excluding hydrogens is 252 g/mol. The summed E-state index contributed by atoms with van der Waals surface area (Å²) < 4.78 is 27.7. The molecule has 0 radical (unpaired) electrons. The Kier molecular flexibility index (Phi) is 3.38. The lowest BCUT2D eigenvalue weighted by Gasteiger charge is -2.28. The van der Waals surface area contributed by atoms with Crippen LogP contribution in [0.5, 0.6) is 5.75 Å². The third-order valence-electron chi connectivity index (χ3n) is 3.19. The molecule has 2 rings (SSSR count). The van der Waals surface area contributed by atoms with Gasteiger partial charge in [0.2, 0.25) is 0 Å². The molecular formula is C13H18O4S. The highest BCUT2D eigenvalue weighted by Crippen LogP contribution is 2.27. The summed E-state index contributed by atoms with van der Waals surface area (Å²) in [6.45, 7) is 3.94. The van der Waals surface area contributed by atoms with Crippen LogP contribution in [0.3, 0.4) is 0 Å². The Morgan fingerprint density at radius 3 is 2.61 bits per heavy atom. The summed E-state index contributed by atoms with van der Waals surface area (Å²) >= 11 is 0. The SMILES string of the molecule is CC(C)(CO)c1cccc(OC2CS(=O)(=O)C2)c1. The van der Waals surface area contributed by atoms with Gasteiger partial charge in [0.05, 0.1) is 18.1 Å². The second-order valence-electron chi connectivity index (χ2n) is 5.39. The topological polar surface area (TPSA) is 63.6 Å². The van der Waals surface area contributed by atoms with E-state index in [4.69, 9.17) is 4.74 Å². The van der Waals surface area contributed by atoms with Gasteiger partial charge in [0.1, 0.15) is 11.9 Å². The Morgan fingerprint density at radius 1 is 1.39 bits per heavy atom. The van der Waals surface area contributed by atoms with Crippen molar-refractivity contribution in [1.29, 1.82) is 0 Å². The highest BCUT2D eigenvalue weighted by Gasteiger charge is 2.35. The minimum Gasteiger partial charge on any atom is -0.488 e. The summed E-state index contributed by atoms with van der Waals surface area (Å²) in [4.78, 5) is 0. The van der Waals surface area contributed by atoms with E-state index in [2.05, 4.69) is 0 Å². The molecule has 18 heavy (non-hydrogen) atoms. The zero-order chi connectivity index (χ0) is 13.4. The molecule has 1 fully saturated rings. The van der Waals surface area contributed by atoms with Gasteiger partial charge in [-0.3, -0.25) is 0 Å². The third-order valence-corrected chi connectivity index (χ3v) is 4.95. The van der Waals surface area contributed by atoms with Crippen molar-refractivity contribution < 1.29 is 18.3 Å². The highest BCUT2D eigenvalue weighted by molar-refractivity contribution is 7.92. The lowest BCUT2D eigenvalue weighted by atomic mass is 9.85. The van der Waals surface area contributed by atoms with Gasteiger partial charge in [0.15, 0.2) is 9.84 Å². The first kappa shape index (κ1) is 13.4. The fourth-order valence-electron chi connectivity index (χ4n) is 1.86. The molecule has 0 spiro atoms. The van der Waals surface area contributed by atoms with Crippen molar-refractivity contribution in [2.45, 2.75) is 25.4 Å². The fourth-order valence-corrected chi connectivity index (χ4v) is 3.03. The van der Waals surface area contributed by atoms with Gasteiger partial charge in [-0.2, -0.15) is 0 Å². The van der Waals surface area contributed by atoms with E-state index >= 15 is 0 Å². The molecule has 0 atom stereocenters. The Balaban J connectivity index is 2.09. The van der Waals surface area contributed by atoms with Crippen LogP contribution in [0, 0.1) is 0 Å². The molecule has 0 saturated carbocycles. The summed E-state index contributed by atoms with van der Waals surface area (Å²) in [6, 6.07) is 7.46. The van der Waals surface area contributed by atoms with E-state index in [1.54, 1.807) is 0 Å². The van der Waals surface area contributed by atoms with Crippen LogP contribution in [-0.2, 0) is 15.3 Å². The van der Waals surface area contributed by atoms with Crippen molar-refractivity contribution in [3.05, 3.63) is 29.8 Å². The number of rotatable bonds is 4. The maximum Gasteiger partial charge on any atom is 0.157 e.